The van der Waals surface area contributed by atoms with Gasteiger partial charge < -0.3 is 10.1 Å². The summed E-state index contributed by atoms with van der Waals surface area (Å²) in [5, 5.41) is 12.3. The van der Waals surface area contributed by atoms with Crippen LogP contribution in [0.4, 0.5) is 0 Å². The van der Waals surface area contributed by atoms with E-state index < -0.39 is 5.54 Å². The van der Waals surface area contributed by atoms with Crippen molar-refractivity contribution in [2.45, 2.75) is 71.1 Å². The minimum Gasteiger partial charge on any atom is -0.375 e. The van der Waals surface area contributed by atoms with Gasteiger partial charge >= 0.3 is 0 Å². The zero-order valence-corrected chi connectivity index (χ0v) is 12.3. The summed E-state index contributed by atoms with van der Waals surface area (Å²) in [6.45, 7) is 7.70. The molecule has 2 bridgehead atoms. The molecule has 0 spiro atoms. The largest absolute Gasteiger partial charge is 0.375 e. The zero-order chi connectivity index (χ0) is 14.3. The number of rotatable bonds is 3. The van der Waals surface area contributed by atoms with E-state index in [0.717, 1.165) is 19.3 Å². The van der Waals surface area contributed by atoms with Gasteiger partial charge in [-0.25, -0.2) is 0 Å². The van der Waals surface area contributed by atoms with E-state index >= 15 is 0 Å². The average molecular weight is 264 g/mol. The van der Waals surface area contributed by atoms with E-state index in [-0.39, 0.29) is 17.4 Å². The van der Waals surface area contributed by atoms with Gasteiger partial charge in [0.2, 0.25) is 5.91 Å². The third-order valence-electron chi connectivity index (χ3n) is 4.79. The summed E-state index contributed by atoms with van der Waals surface area (Å²) < 4.78 is 5.76. The van der Waals surface area contributed by atoms with Crippen molar-refractivity contribution >= 4 is 5.91 Å². The van der Waals surface area contributed by atoms with Crippen molar-refractivity contribution in [2.75, 3.05) is 0 Å². The lowest BCUT2D eigenvalue weighted by atomic mass is 9.75. The molecule has 2 heterocycles. The number of carbonyl (C=O) groups is 1. The molecule has 4 unspecified atom stereocenters. The first-order valence-corrected chi connectivity index (χ1v) is 7.13. The smallest absolute Gasteiger partial charge is 0.221 e. The van der Waals surface area contributed by atoms with Crippen LogP contribution in [0.3, 0.4) is 0 Å². The number of ether oxygens (including phenoxy) is 1. The van der Waals surface area contributed by atoms with E-state index in [2.05, 4.69) is 11.4 Å². The summed E-state index contributed by atoms with van der Waals surface area (Å²) in [5.74, 6) is 0.307. The van der Waals surface area contributed by atoms with Gasteiger partial charge in [-0.05, 0) is 37.5 Å². The molecule has 4 atom stereocenters. The molecule has 19 heavy (non-hydrogen) atoms. The SMILES string of the molecule is CC(C)(C)C(C)(C#N)NC(=O)CC1CC2CCC1O2. The average Bonchev–Trinajstić information content (AvgIpc) is 2.88. The Morgan fingerprint density at radius 1 is 1.37 bits per heavy atom. The van der Waals surface area contributed by atoms with Crippen molar-refractivity contribution < 1.29 is 9.53 Å². The Morgan fingerprint density at radius 2 is 2.05 bits per heavy atom. The maximum Gasteiger partial charge on any atom is 0.221 e. The molecule has 2 fully saturated rings. The third-order valence-corrected chi connectivity index (χ3v) is 4.79. The molecule has 0 aromatic rings. The van der Waals surface area contributed by atoms with Gasteiger partial charge in [0.05, 0.1) is 18.3 Å². The molecule has 0 aromatic heterocycles. The van der Waals surface area contributed by atoms with Crippen LogP contribution in [0, 0.1) is 22.7 Å². The standard InChI is InChI=1S/C15H24N2O2/c1-14(2,3)15(4,9-16)17-13(18)8-10-7-11-5-6-12(10)19-11/h10-12H,5-8H2,1-4H3,(H,17,18). The molecule has 2 saturated heterocycles. The van der Waals surface area contributed by atoms with E-state index in [1.54, 1.807) is 6.92 Å². The number of hydrogen-bond donors (Lipinski definition) is 1. The molecule has 0 saturated carbocycles. The molecule has 1 amide bonds. The van der Waals surface area contributed by atoms with Gasteiger partial charge in [0, 0.05) is 6.42 Å². The van der Waals surface area contributed by atoms with Gasteiger partial charge in [-0.3, -0.25) is 4.79 Å². The Balaban J connectivity index is 1.93. The first-order chi connectivity index (χ1) is 8.75. The Morgan fingerprint density at radius 3 is 2.47 bits per heavy atom. The Bertz CT molecular complexity index is 407. The maximum absolute atomic E-state index is 12.2. The number of amides is 1. The molecule has 4 heteroatoms. The third kappa shape index (κ3) is 2.76. The zero-order valence-electron chi connectivity index (χ0n) is 12.3. The van der Waals surface area contributed by atoms with Gasteiger partial charge in [-0.15, -0.1) is 0 Å². The molecule has 106 valence electrons. The summed E-state index contributed by atoms with van der Waals surface area (Å²) >= 11 is 0. The van der Waals surface area contributed by atoms with Crippen LogP contribution < -0.4 is 5.32 Å². The van der Waals surface area contributed by atoms with E-state index in [1.165, 1.54) is 0 Å². The van der Waals surface area contributed by atoms with Crippen molar-refractivity contribution in [2.24, 2.45) is 11.3 Å². The molecule has 2 rings (SSSR count). The Hall–Kier alpha value is -1.08. The minimum absolute atomic E-state index is 0.0277. The molecule has 0 radical (unpaired) electrons. The number of hydrogen-bond acceptors (Lipinski definition) is 3. The second kappa shape index (κ2) is 4.79. The fraction of sp³-hybridized carbons (Fsp3) is 0.867. The lowest BCUT2D eigenvalue weighted by molar-refractivity contribution is -0.124. The summed E-state index contributed by atoms with van der Waals surface area (Å²) in [7, 11) is 0. The number of nitrogens with zero attached hydrogens (tertiary/aromatic N) is 1. The molecular formula is C15H24N2O2. The topological polar surface area (TPSA) is 62.1 Å². The molecule has 2 aliphatic rings. The summed E-state index contributed by atoms with van der Waals surface area (Å²) in [4.78, 5) is 12.2. The lowest BCUT2D eigenvalue weighted by Crippen LogP contribution is -2.54. The first kappa shape index (κ1) is 14.3. The number of nitrogens with one attached hydrogen (secondary N) is 1. The summed E-state index contributed by atoms with van der Waals surface area (Å²) in [5.41, 5.74) is -1.12. The van der Waals surface area contributed by atoms with Crippen LogP contribution in [-0.2, 0) is 9.53 Å². The predicted octanol–water partition coefficient (Wildman–Crippen LogP) is 2.39. The number of nitriles is 1. The maximum atomic E-state index is 12.2. The van der Waals surface area contributed by atoms with E-state index in [0.29, 0.717) is 18.4 Å². The highest BCUT2D eigenvalue weighted by atomic mass is 16.5. The van der Waals surface area contributed by atoms with Crippen LogP contribution in [0.5, 0.6) is 0 Å². The van der Waals surface area contributed by atoms with Crippen molar-refractivity contribution in [1.29, 1.82) is 5.26 Å². The Labute approximate surface area is 115 Å². The highest BCUT2D eigenvalue weighted by Gasteiger charge is 2.43. The highest BCUT2D eigenvalue weighted by molar-refractivity contribution is 5.77. The van der Waals surface area contributed by atoms with Crippen molar-refractivity contribution in [3.8, 4) is 6.07 Å². The molecule has 0 aromatic carbocycles. The number of fused-ring (bicyclic) bond motifs is 2. The van der Waals surface area contributed by atoms with Crippen LogP contribution in [-0.4, -0.2) is 23.7 Å². The highest BCUT2D eigenvalue weighted by Crippen LogP contribution is 2.40. The molecule has 2 aliphatic heterocycles. The minimum atomic E-state index is -0.831. The summed E-state index contributed by atoms with van der Waals surface area (Å²) in [6.07, 6.45) is 4.33. The van der Waals surface area contributed by atoms with Gasteiger partial charge in [0.1, 0.15) is 5.54 Å². The van der Waals surface area contributed by atoms with Crippen LogP contribution in [0.15, 0.2) is 0 Å². The van der Waals surface area contributed by atoms with E-state index in [9.17, 15) is 10.1 Å². The van der Waals surface area contributed by atoms with E-state index in [1.807, 2.05) is 20.8 Å². The van der Waals surface area contributed by atoms with Gasteiger partial charge in [-0.1, -0.05) is 20.8 Å². The van der Waals surface area contributed by atoms with E-state index in [4.69, 9.17) is 4.74 Å². The van der Waals surface area contributed by atoms with Gasteiger partial charge in [-0.2, -0.15) is 5.26 Å². The van der Waals surface area contributed by atoms with Crippen LogP contribution in [0.2, 0.25) is 0 Å². The van der Waals surface area contributed by atoms with Crippen LogP contribution in [0.25, 0.3) is 0 Å². The quantitative estimate of drug-likeness (QED) is 0.851. The monoisotopic (exact) mass is 264 g/mol. The first-order valence-electron chi connectivity index (χ1n) is 7.13. The lowest BCUT2D eigenvalue weighted by Gasteiger charge is -2.36. The van der Waals surface area contributed by atoms with Crippen LogP contribution >= 0.6 is 0 Å². The van der Waals surface area contributed by atoms with Crippen molar-refractivity contribution in [3.63, 3.8) is 0 Å². The van der Waals surface area contributed by atoms with Crippen LogP contribution in [0.1, 0.15) is 53.4 Å². The molecule has 1 N–H and O–H groups in total. The second-order valence-corrected chi connectivity index (χ2v) is 7.11. The van der Waals surface area contributed by atoms with Gasteiger partial charge in [0.15, 0.2) is 0 Å². The molecule has 4 nitrogen and oxygen atoms in total. The fourth-order valence-electron chi connectivity index (χ4n) is 2.91. The summed E-state index contributed by atoms with van der Waals surface area (Å²) in [6, 6.07) is 2.24. The molecule has 0 aliphatic carbocycles. The van der Waals surface area contributed by atoms with Gasteiger partial charge in [0.25, 0.3) is 0 Å². The second-order valence-electron chi connectivity index (χ2n) is 7.11. The molecular weight excluding hydrogens is 240 g/mol. The van der Waals surface area contributed by atoms with Crippen molar-refractivity contribution in [3.05, 3.63) is 0 Å². The number of carbonyl (C=O) groups excluding carboxylic acids is 1. The Kier molecular flexibility index (Phi) is 3.61. The predicted molar refractivity (Wildman–Crippen MR) is 72.2 cm³/mol. The fourth-order valence-corrected chi connectivity index (χ4v) is 2.91. The van der Waals surface area contributed by atoms with Crippen molar-refractivity contribution in [1.82, 2.24) is 5.32 Å². The normalized spacial score (nSPS) is 32.7.